The van der Waals surface area contributed by atoms with Crippen molar-refractivity contribution in [3.63, 3.8) is 0 Å². The van der Waals surface area contributed by atoms with Crippen molar-refractivity contribution in [3.8, 4) is 0 Å². The Hall–Kier alpha value is -1.61. The number of fused-ring (bicyclic) bond motifs is 1. The fourth-order valence-electron chi connectivity index (χ4n) is 2.82. The smallest absolute Gasteiger partial charge is 0.217 e. The normalized spacial score (nSPS) is 17.2. The number of furan rings is 1. The number of rotatable bonds is 3. The average Bonchev–Trinajstić information content (AvgIpc) is 3.06. The predicted molar refractivity (Wildman–Crippen MR) is 75.4 cm³/mol. The minimum atomic E-state index is -0.482. The van der Waals surface area contributed by atoms with Gasteiger partial charge in [-0.15, -0.1) is 0 Å². The van der Waals surface area contributed by atoms with Crippen molar-refractivity contribution in [1.29, 1.82) is 0 Å². The molecule has 2 heterocycles. The fraction of sp³-hybridized carbons (Fsp3) is 0.438. The van der Waals surface area contributed by atoms with Crippen molar-refractivity contribution in [2.24, 2.45) is 0 Å². The lowest BCUT2D eigenvalue weighted by Gasteiger charge is -2.32. The molecule has 1 aromatic carbocycles. The van der Waals surface area contributed by atoms with Gasteiger partial charge in [0.2, 0.25) is 5.78 Å². The monoisotopic (exact) mass is 257 g/mol. The first-order valence-corrected chi connectivity index (χ1v) is 6.87. The first kappa shape index (κ1) is 12.4. The van der Waals surface area contributed by atoms with Crippen molar-refractivity contribution < 1.29 is 9.21 Å². The number of carbonyl (C=O) groups is 1. The van der Waals surface area contributed by atoms with E-state index in [0.717, 1.165) is 24.1 Å². The molecular formula is C16H19NO2. The zero-order chi connectivity index (χ0) is 13.5. The first-order valence-electron chi connectivity index (χ1n) is 6.87. The van der Waals surface area contributed by atoms with Gasteiger partial charge in [0, 0.05) is 5.39 Å². The topological polar surface area (TPSA) is 33.5 Å². The molecule has 1 saturated heterocycles. The third-order valence-electron chi connectivity index (χ3n) is 4.10. The molecule has 2 aromatic rings. The van der Waals surface area contributed by atoms with E-state index >= 15 is 0 Å². The van der Waals surface area contributed by atoms with Crippen LogP contribution in [0.5, 0.6) is 0 Å². The maximum Gasteiger partial charge on any atom is 0.217 e. The van der Waals surface area contributed by atoms with Gasteiger partial charge < -0.3 is 4.42 Å². The Morgan fingerprint density at radius 1 is 1.21 bits per heavy atom. The van der Waals surface area contributed by atoms with Gasteiger partial charge in [-0.2, -0.15) is 0 Å². The molecule has 0 atom stereocenters. The Labute approximate surface area is 113 Å². The number of ketones is 1. The van der Waals surface area contributed by atoms with Gasteiger partial charge in [0.15, 0.2) is 5.76 Å². The number of Topliss-reactive ketones (excluding diaryl/α,β-unsaturated/α-hetero) is 1. The molecule has 1 aliphatic heterocycles. The molecule has 0 spiro atoms. The van der Waals surface area contributed by atoms with E-state index in [4.69, 9.17) is 4.42 Å². The molecule has 0 bridgehead atoms. The highest BCUT2D eigenvalue weighted by Gasteiger charge is 2.38. The largest absolute Gasteiger partial charge is 0.453 e. The molecule has 1 aromatic heterocycles. The van der Waals surface area contributed by atoms with Gasteiger partial charge in [-0.3, -0.25) is 9.69 Å². The second-order valence-corrected chi connectivity index (χ2v) is 5.73. The summed E-state index contributed by atoms with van der Waals surface area (Å²) in [6.07, 6.45) is 2.35. The number of nitrogens with zero attached hydrogens (tertiary/aromatic N) is 1. The number of benzene rings is 1. The van der Waals surface area contributed by atoms with Crippen LogP contribution in [-0.4, -0.2) is 29.3 Å². The number of carbonyl (C=O) groups excluding carboxylic acids is 1. The van der Waals surface area contributed by atoms with Crippen molar-refractivity contribution in [1.82, 2.24) is 4.90 Å². The zero-order valence-electron chi connectivity index (χ0n) is 11.5. The van der Waals surface area contributed by atoms with Gasteiger partial charge in [0.1, 0.15) is 5.58 Å². The summed E-state index contributed by atoms with van der Waals surface area (Å²) < 4.78 is 5.70. The lowest BCUT2D eigenvalue weighted by atomic mass is 9.95. The molecule has 19 heavy (non-hydrogen) atoms. The molecule has 0 aliphatic carbocycles. The summed E-state index contributed by atoms with van der Waals surface area (Å²) in [7, 11) is 0. The van der Waals surface area contributed by atoms with E-state index in [-0.39, 0.29) is 5.78 Å². The van der Waals surface area contributed by atoms with Crippen LogP contribution >= 0.6 is 0 Å². The van der Waals surface area contributed by atoms with Crippen LogP contribution in [0, 0.1) is 0 Å². The maximum atomic E-state index is 12.7. The van der Waals surface area contributed by atoms with Gasteiger partial charge in [-0.05, 0) is 51.9 Å². The standard InChI is InChI=1S/C16H19NO2/c1-16(2,17-9-5-6-10-17)15(18)14-11-12-7-3-4-8-13(12)19-14/h3-4,7-8,11H,5-6,9-10H2,1-2H3. The lowest BCUT2D eigenvalue weighted by Crippen LogP contribution is -2.48. The van der Waals surface area contributed by atoms with E-state index < -0.39 is 5.54 Å². The summed E-state index contributed by atoms with van der Waals surface area (Å²) in [5.74, 6) is 0.545. The van der Waals surface area contributed by atoms with Crippen LogP contribution in [0.15, 0.2) is 34.7 Å². The highest BCUT2D eigenvalue weighted by Crippen LogP contribution is 2.28. The molecule has 3 heteroatoms. The van der Waals surface area contributed by atoms with Crippen molar-refractivity contribution in [2.45, 2.75) is 32.2 Å². The van der Waals surface area contributed by atoms with E-state index in [9.17, 15) is 4.79 Å². The number of para-hydroxylation sites is 1. The van der Waals surface area contributed by atoms with E-state index in [1.54, 1.807) is 0 Å². The molecular weight excluding hydrogens is 238 g/mol. The molecule has 3 nitrogen and oxygen atoms in total. The van der Waals surface area contributed by atoms with Crippen molar-refractivity contribution in [3.05, 3.63) is 36.1 Å². The van der Waals surface area contributed by atoms with Crippen LogP contribution in [0.2, 0.25) is 0 Å². The Kier molecular flexibility index (Phi) is 2.94. The number of hydrogen-bond donors (Lipinski definition) is 0. The predicted octanol–water partition coefficient (Wildman–Crippen LogP) is 3.49. The quantitative estimate of drug-likeness (QED) is 0.789. The second-order valence-electron chi connectivity index (χ2n) is 5.73. The summed E-state index contributed by atoms with van der Waals surface area (Å²) in [5.41, 5.74) is 0.299. The van der Waals surface area contributed by atoms with Crippen LogP contribution in [0.1, 0.15) is 37.2 Å². The van der Waals surface area contributed by atoms with Crippen LogP contribution in [-0.2, 0) is 0 Å². The Morgan fingerprint density at radius 2 is 1.89 bits per heavy atom. The Bertz CT molecular complexity index is 573. The molecule has 0 amide bonds. The van der Waals surface area contributed by atoms with Crippen LogP contribution < -0.4 is 0 Å². The van der Waals surface area contributed by atoms with Crippen LogP contribution in [0.25, 0.3) is 11.0 Å². The summed E-state index contributed by atoms with van der Waals surface area (Å²) in [6.45, 7) is 5.99. The third kappa shape index (κ3) is 2.08. The second kappa shape index (κ2) is 4.49. The highest BCUT2D eigenvalue weighted by atomic mass is 16.3. The molecule has 0 N–H and O–H groups in total. The van der Waals surface area contributed by atoms with Gasteiger partial charge in [-0.1, -0.05) is 18.2 Å². The van der Waals surface area contributed by atoms with Crippen molar-refractivity contribution >= 4 is 16.8 Å². The summed E-state index contributed by atoms with van der Waals surface area (Å²) in [5, 5.41) is 0.989. The van der Waals surface area contributed by atoms with Crippen molar-refractivity contribution in [2.75, 3.05) is 13.1 Å². The molecule has 0 saturated carbocycles. The lowest BCUT2D eigenvalue weighted by molar-refractivity contribution is 0.0675. The SMILES string of the molecule is CC(C)(C(=O)c1cc2ccccc2o1)N1CCCC1. The average molecular weight is 257 g/mol. The highest BCUT2D eigenvalue weighted by molar-refractivity contribution is 6.03. The Morgan fingerprint density at radius 3 is 2.58 bits per heavy atom. The maximum absolute atomic E-state index is 12.7. The van der Waals surface area contributed by atoms with E-state index in [1.165, 1.54) is 12.8 Å². The third-order valence-corrected chi connectivity index (χ3v) is 4.10. The van der Waals surface area contributed by atoms with Gasteiger partial charge in [0.25, 0.3) is 0 Å². The molecule has 1 aliphatic rings. The van der Waals surface area contributed by atoms with E-state index in [2.05, 4.69) is 4.90 Å². The number of hydrogen-bond acceptors (Lipinski definition) is 3. The Balaban J connectivity index is 1.94. The van der Waals surface area contributed by atoms with Crippen LogP contribution in [0.4, 0.5) is 0 Å². The van der Waals surface area contributed by atoms with E-state index in [1.807, 2.05) is 44.2 Å². The summed E-state index contributed by atoms with van der Waals surface area (Å²) in [6, 6.07) is 9.60. The van der Waals surface area contributed by atoms with Crippen LogP contribution in [0.3, 0.4) is 0 Å². The van der Waals surface area contributed by atoms with Gasteiger partial charge >= 0.3 is 0 Å². The first-order chi connectivity index (χ1) is 9.09. The molecule has 100 valence electrons. The zero-order valence-corrected chi connectivity index (χ0v) is 11.5. The molecule has 0 unspecified atom stereocenters. The summed E-state index contributed by atoms with van der Waals surface area (Å²) in [4.78, 5) is 14.9. The summed E-state index contributed by atoms with van der Waals surface area (Å²) >= 11 is 0. The van der Waals surface area contributed by atoms with Gasteiger partial charge in [-0.25, -0.2) is 0 Å². The minimum Gasteiger partial charge on any atom is -0.453 e. The minimum absolute atomic E-state index is 0.0746. The molecule has 0 radical (unpaired) electrons. The fourth-order valence-corrected chi connectivity index (χ4v) is 2.82. The van der Waals surface area contributed by atoms with Gasteiger partial charge in [0.05, 0.1) is 5.54 Å². The molecule has 1 fully saturated rings. The number of likely N-dealkylation sites (tertiary alicyclic amines) is 1. The van der Waals surface area contributed by atoms with E-state index in [0.29, 0.717) is 5.76 Å². The molecule has 3 rings (SSSR count).